The number of allylic oxidation sites excluding steroid dienone is 4. The van der Waals surface area contributed by atoms with Crippen LogP contribution in [-0.4, -0.2) is 93.1 Å². The van der Waals surface area contributed by atoms with E-state index in [1.54, 1.807) is 32.9 Å². The quantitative estimate of drug-likeness (QED) is 0.0640. The Labute approximate surface area is 380 Å². The van der Waals surface area contributed by atoms with E-state index in [1.807, 2.05) is 0 Å². The molecular weight excluding hydrogens is 848 g/mol. The number of unbranched alkanes of at least 4 members (excludes halogenated alkanes) is 4. The number of ether oxygens (including phenoxy) is 2. The summed E-state index contributed by atoms with van der Waals surface area (Å²) in [5, 5.41) is 43.0. The predicted molar refractivity (Wildman–Crippen MR) is 241 cm³/mol. The number of thioether (sulfide) groups is 1. The predicted octanol–water partition coefficient (Wildman–Crippen LogP) is 8.54. The molecule has 64 heavy (non-hydrogen) atoms. The minimum Gasteiger partial charge on any atom is -0.508 e. The summed E-state index contributed by atoms with van der Waals surface area (Å²) in [6.07, 6.45) is 7.40. The summed E-state index contributed by atoms with van der Waals surface area (Å²) >= 11 is 0.396. The van der Waals surface area contributed by atoms with Gasteiger partial charge in [0, 0.05) is 54.4 Å². The fraction of sp³-hybridized carbons (Fsp3) is 0.620. The van der Waals surface area contributed by atoms with Crippen LogP contribution in [0.3, 0.4) is 0 Å². The number of carbonyl (C=O) groups is 3. The molecular formula is C50H68F3NO9S. The van der Waals surface area contributed by atoms with Gasteiger partial charge in [-0.25, -0.2) is 13.2 Å². The maximum absolute atomic E-state index is 17.2. The fourth-order valence-electron chi connectivity index (χ4n) is 11.0. The van der Waals surface area contributed by atoms with Crippen LogP contribution in [0.5, 0.6) is 5.75 Å². The molecule has 10 atom stereocenters. The Balaban J connectivity index is 0.000000243. The first-order chi connectivity index (χ1) is 30.5. The van der Waals surface area contributed by atoms with Gasteiger partial charge in [-0.2, -0.15) is 0 Å². The van der Waals surface area contributed by atoms with Crippen LogP contribution >= 0.6 is 11.8 Å². The van der Waals surface area contributed by atoms with E-state index in [0.717, 1.165) is 64.4 Å². The van der Waals surface area contributed by atoms with E-state index >= 15 is 8.78 Å². The van der Waals surface area contributed by atoms with Gasteiger partial charge in [-0.1, -0.05) is 76.1 Å². The number of hydrogen-bond donors (Lipinski definition) is 5. The molecule has 10 nitrogen and oxygen atoms in total. The highest BCUT2D eigenvalue weighted by Gasteiger charge is 2.78. The second kappa shape index (κ2) is 22.8. The van der Waals surface area contributed by atoms with Crippen molar-refractivity contribution in [2.24, 2.45) is 28.6 Å². The van der Waals surface area contributed by atoms with E-state index in [0.29, 0.717) is 29.4 Å². The standard InChI is InChI=1S/C25H31F3O5S.C25H37NO4/c1-5-20(31)33-25(21(32)34-12-26)13(2)8-15-16-10-18(27)17-9-14(29)6-7-22(17,3)24(16,28)19(30)11-23(15,25)4;27-20-23-18-22(13-14-24(23)28)25(29)19-26-15-7-1-2-8-16-30-17-9-6-12-21-10-4-3-5-11-21/h6-7,9,13,15-16,18-19,30H,5,8,10-12H2,1-4H3;3-5,10-11,13-14,18,25-29H,1-2,6-9,12,15-17,19-20H2/t13-,15+,16?,18+,19+,22+,23+,24+,25+;/m1./s1. The van der Waals surface area contributed by atoms with Gasteiger partial charge in [-0.05, 0) is 123 Å². The van der Waals surface area contributed by atoms with Crippen LogP contribution in [0.1, 0.15) is 115 Å². The van der Waals surface area contributed by atoms with E-state index in [9.17, 15) is 39.2 Å². The minimum absolute atomic E-state index is 0.0141. The number of phenols is 1. The van der Waals surface area contributed by atoms with Crippen LogP contribution < -0.4 is 5.32 Å². The third-order valence-corrected chi connectivity index (χ3v) is 15.1. The van der Waals surface area contributed by atoms with Gasteiger partial charge in [0.15, 0.2) is 17.1 Å². The highest BCUT2D eigenvalue weighted by molar-refractivity contribution is 8.13. The lowest BCUT2D eigenvalue weighted by molar-refractivity contribution is -0.228. The van der Waals surface area contributed by atoms with Gasteiger partial charge in [0.25, 0.3) is 0 Å². The van der Waals surface area contributed by atoms with Crippen molar-refractivity contribution in [3.05, 3.63) is 89.0 Å². The van der Waals surface area contributed by atoms with Crippen molar-refractivity contribution in [3.63, 3.8) is 0 Å². The zero-order valence-electron chi connectivity index (χ0n) is 37.7. The third kappa shape index (κ3) is 10.7. The Kier molecular flexibility index (Phi) is 18.3. The highest BCUT2D eigenvalue weighted by Crippen LogP contribution is 2.72. The molecule has 0 saturated heterocycles. The van der Waals surface area contributed by atoms with Gasteiger partial charge in [0.1, 0.15) is 17.9 Å². The van der Waals surface area contributed by atoms with Gasteiger partial charge in [-0.15, -0.1) is 0 Å². The molecule has 2 unspecified atom stereocenters. The average Bonchev–Trinajstić information content (AvgIpc) is 3.49. The fourth-order valence-corrected chi connectivity index (χ4v) is 11.8. The van der Waals surface area contributed by atoms with Crippen molar-refractivity contribution < 1.29 is 57.5 Å². The summed E-state index contributed by atoms with van der Waals surface area (Å²) in [7, 11) is 0. The molecule has 2 aromatic rings. The van der Waals surface area contributed by atoms with Gasteiger partial charge < -0.3 is 35.2 Å². The molecule has 0 amide bonds. The number of aromatic hydroxyl groups is 1. The van der Waals surface area contributed by atoms with Crippen molar-refractivity contribution >= 4 is 28.6 Å². The largest absolute Gasteiger partial charge is 0.508 e. The number of ketones is 1. The van der Waals surface area contributed by atoms with Crippen molar-refractivity contribution in [2.75, 3.05) is 32.3 Å². The van der Waals surface area contributed by atoms with Crippen molar-refractivity contribution in [3.8, 4) is 5.75 Å². The van der Waals surface area contributed by atoms with Crippen LogP contribution in [0.25, 0.3) is 0 Å². The van der Waals surface area contributed by atoms with Crippen molar-refractivity contribution in [2.45, 2.75) is 135 Å². The second-order valence-corrected chi connectivity index (χ2v) is 19.2. The van der Waals surface area contributed by atoms with Crippen LogP contribution in [-0.2, 0) is 36.9 Å². The number of aryl methyl sites for hydroxylation is 1. The number of nitrogens with one attached hydrogen (secondary N) is 1. The summed E-state index contributed by atoms with van der Waals surface area (Å²) in [5.41, 5.74) is -4.31. The Morgan fingerprint density at radius 3 is 2.39 bits per heavy atom. The molecule has 6 rings (SSSR count). The topological polar surface area (TPSA) is 163 Å². The zero-order valence-corrected chi connectivity index (χ0v) is 38.5. The lowest BCUT2D eigenvalue weighted by Gasteiger charge is -2.63. The van der Waals surface area contributed by atoms with Gasteiger partial charge in [0.2, 0.25) is 5.12 Å². The van der Waals surface area contributed by atoms with Crippen molar-refractivity contribution in [1.82, 2.24) is 5.32 Å². The Hall–Kier alpha value is -3.53. The van der Waals surface area contributed by atoms with E-state index in [2.05, 4.69) is 35.6 Å². The number of carbonyl (C=O) groups excluding carboxylic acids is 3. The van der Waals surface area contributed by atoms with E-state index in [4.69, 9.17) is 9.47 Å². The molecule has 0 aromatic heterocycles. The lowest BCUT2D eigenvalue weighted by atomic mass is 9.44. The van der Waals surface area contributed by atoms with E-state index in [-0.39, 0.29) is 43.6 Å². The molecule has 0 spiro atoms. The first-order valence-corrected chi connectivity index (χ1v) is 23.9. The molecule has 0 heterocycles. The van der Waals surface area contributed by atoms with Gasteiger partial charge >= 0.3 is 5.97 Å². The van der Waals surface area contributed by atoms with Gasteiger partial charge in [-0.3, -0.25) is 14.4 Å². The molecule has 4 aliphatic carbocycles. The summed E-state index contributed by atoms with van der Waals surface area (Å²) in [6, 6.07) is 14.4. The highest BCUT2D eigenvalue weighted by atomic mass is 32.2. The molecule has 5 N–H and O–H groups in total. The number of alkyl halides is 3. The Morgan fingerprint density at radius 1 is 1.00 bits per heavy atom. The van der Waals surface area contributed by atoms with Gasteiger partial charge in [0.05, 0.1) is 18.8 Å². The van der Waals surface area contributed by atoms with E-state index < -0.39 is 81.1 Å². The lowest BCUT2D eigenvalue weighted by Crippen LogP contribution is -2.70. The average molecular weight is 916 g/mol. The summed E-state index contributed by atoms with van der Waals surface area (Å²) in [6.45, 7) is 9.22. The smallest absolute Gasteiger partial charge is 0.306 e. The molecule has 3 saturated carbocycles. The number of halogens is 3. The SMILES string of the molecule is CCC(=O)O[C@]1(C(=O)SCF)[C@H](C)C[C@H]2C3C[C@H](F)C4=CC(=O)C=C[C@]4(C)[C@@]3(F)[C@@H](O)C[C@@]21C.OCc1cc(C(O)CNCCCCCCOCCCCc2ccccc2)ccc1O. The summed E-state index contributed by atoms with van der Waals surface area (Å²) in [5.74, 6) is -3.24. The maximum Gasteiger partial charge on any atom is 0.306 e. The number of esters is 1. The molecule has 2 aromatic carbocycles. The first-order valence-electron chi connectivity index (χ1n) is 22.9. The maximum atomic E-state index is 17.2. The molecule has 14 heteroatoms. The Morgan fingerprint density at radius 2 is 1.70 bits per heavy atom. The second-order valence-electron chi connectivity index (χ2n) is 18.3. The number of hydrogen-bond acceptors (Lipinski definition) is 11. The Bertz CT molecular complexity index is 1950. The van der Waals surface area contributed by atoms with Crippen LogP contribution in [0.2, 0.25) is 0 Å². The molecule has 3 fully saturated rings. The molecule has 354 valence electrons. The number of aliphatic hydroxyl groups excluding tert-OH is 3. The van der Waals surface area contributed by atoms with Crippen LogP contribution in [0, 0.1) is 28.6 Å². The number of fused-ring (bicyclic) bond motifs is 5. The molecule has 4 aliphatic rings. The normalized spacial score (nSPS) is 30.9. The number of aliphatic hydroxyl groups is 3. The third-order valence-electron chi connectivity index (χ3n) is 14.5. The monoisotopic (exact) mass is 915 g/mol. The summed E-state index contributed by atoms with van der Waals surface area (Å²) < 4.78 is 57.6. The van der Waals surface area contributed by atoms with Crippen LogP contribution in [0.15, 0.2) is 72.3 Å². The molecule has 0 aliphatic heterocycles. The summed E-state index contributed by atoms with van der Waals surface area (Å²) in [4.78, 5) is 37.8. The van der Waals surface area contributed by atoms with E-state index in [1.165, 1.54) is 37.1 Å². The zero-order chi connectivity index (χ0) is 46.7. The molecule has 0 radical (unpaired) electrons. The molecule has 0 bridgehead atoms. The van der Waals surface area contributed by atoms with Crippen LogP contribution in [0.4, 0.5) is 13.2 Å². The van der Waals surface area contributed by atoms with Crippen molar-refractivity contribution in [1.29, 1.82) is 0 Å². The first kappa shape index (κ1) is 51.5. The number of rotatable bonds is 20. The number of benzene rings is 2. The minimum atomic E-state index is -2.30.